The van der Waals surface area contributed by atoms with Gasteiger partial charge in [-0.2, -0.15) is 0 Å². The Labute approximate surface area is 98.6 Å². The molecule has 0 aromatic carbocycles. The van der Waals surface area contributed by atoms with Crippen molar-refractivity contribution >= 4 is 17.4 Å². The van der Waals surface area contributed by atoms with E-state index in [4.69, 9.17) is 5.73 Å². The normalized spacial score (nSPS) is 17.9. The molecule has 88 valence electrons. The molecule has 16 heavy (non-hydrogen) atoms. The fourth-order valence-corrected chi connectivity index (χ4v) is 2.42. The number of nitrogens with one attached hydrogen (secondary N) is 1. The van der Waals surface area contributed by atoms with E-state index in [0.29, 0.717) is 11.4 Å². The highest BCUT2D eigenvalue weighted by Gasteiger charge is 2.33. The summed E-state index contributed by atoms with van der Waals surface area (Å²) in [4.78, 5) is 12.5. The van der Waals surface area contributed by atoms with Gasteiger partial charge in [0.2, 0.25) is 0 Å². The van der Waals surface area contributed by atoms with Gasteiger partial charge in [-0.15, -0.1) is 5.10 Å². The number of aryl methyl sites for hydroxylation is 1. The summed E-state index contributed by atoms with van der Waals surface area (Å²) in [5, 5.41) is 6.78. The van der Waals surface area contributed by atoms with Gasteiger partial charge >= 0.3 is 0 Å². The van der Waals surface area contributed by atoms with E-state index in [9.17, 15) is 4.79 Å². The average molecular weight is 240 g/mol. The third-order valence-electron chi connectivity index (χ3n) is 3.05. The first-order valence-corrected chi connectivity index (χ1v) is 6.30. The van der Waals surface area contributed by atoms with Crippen molar-refractivity contribution in [3.05, 3.63) is 10.6 Å². The van der Waals surface area contributed by atoms with Gasteiger partial charge in [0.1, 0.15) is 4.88 Å². The van der Waals surface area contributed by atoms with E-state index < -0.39 is 0 Å². The number of nitrogens with zero attached hydrogens (tertiary/aromatic N) is 2. The molecule has 0 unspecified atom stereocenters. The van der Waals surface area contributed by atoms with Crippen LogP contribution in [0.2, 0.25) is 0 Å². The lowest BCUT2D eigenvalue weighted by atomic mass is 9.78. The minimum Gasteiger partial charge on any atom is -0.349 e. The van der Waals surface area contributed by atoms with Crippen LogP contribution in [0.3, 0.4) is 0 Å². The molecule has 0 atom stereocenters. The largest absolute Gasteiger partial charge is 0.349 e. The van der Waals surface area contributed by atoms with Crippen LogP contribution >= 0.6 is 11.5 Å². The molecular formula is C10H16N4OS. The average Bonchev–Trinajstić information content (AvgIpc) is 2.71. The van der Waals surface area contributed by atoms with E-state index in [0.717, 1.165) is 42.9 Å². The Morgan fingerprint density at radius 2 is 2.38 bits per heavy atom. The minimum absolute atomic E-state index is 0.0939. The van der Waals surface area contributed by atoms with Crippen molar-refractivity contribution in [2.45, 2.75) is 38.1 Å². The predicted octanol–water partition coefficient (Wildman–Crippen LogP) is 0.712. The van der Waals surface area contributed by atoms with Gasteiger partial charge in [0, 0.05) is 12.1 Å². The van der Waals surface area contributed by atoms with Gasteiger partial charge < -0.3 is 11.1 Å². The summed E-state index contributed by atoms with van der Waals surface area (Å²) in [6.45, 7) is 2.51. The van der Waals surface area contributed by atoms with Crippen molar-refractivity contribution in [1.82, 2.24) is 14.9 Å². The number of carbonyl (C=O) groups is 1. The molecule has 0 radical (unpaired) electrons. The van der Waals surface area contributed by atoms with Crippen LogP contribution in [0.15, 0.2) is 0 Å². The zero-order valence-electron chi connectivity index (χ0n) is 9.32. The highest BCUT2D eigenvalue weighted by atomic mass is 32.1. The predicted molar refractivity (Wildman–Crippen MR) is 62.4 cm³/mol. The van der Waals surface area contributed by atoms with Crippen molar-refractivity contribution in [3.8, 4) is 0 Å². The van der Waals surface area contributed by atoms with Gasteiger partial charge in [0.05, 0.1) is 5.69 Å². The van der Waals surface area contributed by atoms with Crippen LogP contribution in [-0.4, -0.2) is 27.6 Å². The van der Waals surface area contributed by atoms with Gasteiger partial charge in [-0.25, -0.2) is 0 Å². The quantitative estimate of drug-likeness (QED) is 0.812. The van der Waals surface area contributed by atoms with Crippen LogP contribution < -0.4 is 11.1 Å². The monoisotopic (exact) mass is 240 g/mol. The molecule has 2 rings (SSSR count). The standard InChI is InChI=1S/C10H16N4OS/c1-2-7-8(16-14-13-7)9(15)12-6-10(11)4-3-5-10/h2-6,11H2,1H3,(H,12,15). The van der Waals surface area contributed by atoms with E-state index in [2.05, 4.69) is 14.9 Å². The van der Waals surface area contributed by atoms with Gasteiger partial charge in [-0.05, 0) is 37.2 Å². The minimum atomic E-state index is -0.180. The Morgan fingerprint density at radius 3 is 2.94 bits per heavy atom. The second-order valence-electron chi connectivity index (χ2n) is 4.30. The topological polar surface area (TPSA) is 80.9 Å². The van der Waals surface area contributed by atoms with E-state index in [1.54, 1.807) is 0 Å². The lowest BCUT2D eigenvalue weighted by Gasteiger charge is -2.38. The molecule has 1 aliphatic carbocycles. The first-order chi connectivity index (χ1) is 7.64. The van der Waals surface area contributed by atoms with Crippen molar-refractivity contribution < 1.29 is 4.79 Å². The molecule has 1 fully saturated rings. The molecule has 5 nitrogen and oxygen atoms in total. The van der Waals surface area contributed by atoms with Crippen LogP contribution in [0.25, 0.3) is 0 Å². The van der Waals surface area contributed by atoms with Gasteiger partial charge in [0.15, 0.2) is 0 Å². The van der Waals surface area contributed by atoms with Gasteiger partial charge in [-0.1, -0.05) is 11.4 Å². The molecule has 1 heterocycles. The summed E-state index contributed by atoms with van der Waals surface area (Å²) in [5.74, 6) is -0.0939. The van der Waals surface area contributed by atoms with Crippen molar-refractivity contribution in [2.75, 3.05) is 6.54 Å². The number of amides is 1. The first-order valence-electron chi connectivity index (χ1n) is 5.53. The Bertz CT molecular complexity index is 386. The Morgan fingerprint density at radius 1 is 1.62 bits per heavy atom. The van der Waals surface area contributed by atoms with Crippen LogP contribution in [-0.2, 0) is 6.42 Å². The molecule has 0 saturated heterocycles. The number of rotatable bonds is 4. The summed E-state index contributed by atoms with van der Waals surface area (Å²) in [6, 6.07) is 0. The van der Waals surface area contributed by atoms with Crippen molar-refractivity contribution in [3.63, 3.8) is 0 Å². The maximum Gasteiger partial charge on any atom is 0.265 e. The smallest absolute Gasteiger partial charge is 0.265 e. The number of aromatic nitrogens is 2. The summed E-state index contributed by atoms with van der Waals surface area (Å²) >= 11 is 1.14. The Kier molecular flexibility index (Phi) is 3.20. The van der Waals surface area contributed by atoms with Gasteiger partial charge in [0.25, 0.3) is 5.91 Å². The van der Waals surface area contributed by atoms with Crippen LogP contribution in [0.4, 0.5) is 0 Å². The highest BCUT2D eigenvalue weighted by Crippen LogP contribution is 2.28. The lowest BCUT2D eigenvalue weighted by molar-refractivity contribution is 0.0933. The highest BCUT2D eigenvalue weighted by molar-refractivity contribution is 7.08. The maximum atomic E-state index is 11.8. The Balaban J connectivity index is 1.93. The van der Waals surface area contributed by atoms with E-state index in [-0.39, 0.29) is 11.4 Å². The molecular weight excluding hydrogens is 224 g/mol. The third kappa shape index (κ3) is 2.22. The second-order valence-corrected chi connectivity index (χ2v) is 5.06. The third-order valence-corrected chi connectivity index (χ3v) is 3.81. The summed E-state index contributed by atoms with van der Waals surface area (Å²) < 4.78 is 3.79. The number of carbonyl (C=O) groups excluding carboxylic acids is 1. The van der Waals surface area contributed by atoms with Crippen LogP contribution in [0, 0.1) is 0 Å². The van der Waals surface area contributed by atoms with E-state index in [1.807, 2.05) is 6.92 Å². The fraction of sp³-hybridized carbons (Fsp3) is 0.700. The summed E-state index contributed by atoms with van der Waals surface area (Å²) in [5.41, 5.74) is 6.62. The molecule has 0 spiro atoms. The fourth-order valence-electron chi connectivity index (χ4n) is 1.76. The lowest BCUT2D eigenvalue weighted by Crippen LogP contribution is -2.54. The molecule has 1 aromatic rings. The molecule has 0 bridgehead atoms. The first kappa shape index (κ1) is 11.5. The summed E-state index contributed by atoms with van der Waals surface area (Å²) in [6.07, 6.45) is 3.88. The van der Waals surface area contributed by atoms with E-state index >= 15 is 0 Å². The SMILES string of the molecule is CCc1nnsc1C(=O)NCC1(N)CCC1. The number of nitrogens with two attached hydrogens (primary N) is 1. The zero-order chi connectivity index (χ0) is 11.6. The summed E-state index contributed by atoms with van der Waals surface area (Å²) in [7, 11) is 0. The molecule has 1 amide bonds. The van der Waals surface area contributed by atoms with Crippen LogP contribution in [0.1, 0.15) is 41.6 Å². The van der Waals surface area contributed by atoms with Crippen molar-refractivity contribution in [2.24, 2.45) is 5.73 Å². The Hall–Kier alpha value is -1.01. The molecule has 6 heteroatoms. The van der Waals surface area contributed by atoms with Crippen molar-refractivity contribution in [1.29, 1.82) is 0 Å². The van der Waals surface area contributed by atoms with Crippen LogP contribution in [0.5, 0.6) is 0 Å². The number of hydrogen-bond acceptors (Lipinski definition) is 5. The zero-order valence-corrected chi connectivity index (χ0v) is 10.1. The maximum absolute atomic E-state index is 11.8. The molecule has 1 saturated carbocycles. The molecule has 1 aliphatic rings. The number of hydrogen-bond donors (Lipinski definition) is 2. The molecule has 3 N–H and O–H groups in total. The van der Waals surface area contributed by atoms with Gasteiger partial charge in [-0.3, -0.25) is 4.79 Å². The van der Waals surface area contributed by atoms with E-state index in [1.165, 1.54) is 0 Å². The second kappa shape index (κ2) is 4.47. The molecule has 0 aliphatic heterocycles. The molecule has 1 aromatic heterocycles.